The van der Waals surface area contributed by atoms with Crippen molar-refractivity contribution < 1.29 is 17.9 Å². The number of benzene rings is 1. The Labute approximate surface area is 136 Å². The van der Waals surface area contributed by atoms with Crippen LogP contribution in [0.5, 0.6) is 0 Å². The molecule has 7 nitrogen and oxygen atoms in total. The number of aromatic amines is 1. The Morgan fingerprint density at radius 3 is 2.77 bits per heavy atom. The summed E-state index contributed by atoms with van der Waals surface area (Å²) < 4.78 is 32.7. The molecule has 0 atom stereocenters. The third kappa shape index (κ3) is 3.30. The predicted octanol–water partition coefficient (Wildman–Crippen LogP) is 2.32. The summed E-state index contributed by atoms with van der Waals surface area (Å²) in [7, 11) is -2.83. The Morgan fingerprint density at radius 1 is 1.45 bits per heavy atom. The minimum Gasteiger partial charge on any atom is -0.465 e. The van der Waals surface area contributed by atoms with Crippen molar-refractivity contribution in [1.82, 2.24) is 10.2 Å². The Hall–Kier alpha value is -1.87. The minimum absolute atomic E-state index is 0.0764. The number of carbonyl (C=O) groups is 1. The first-order valence-electron chi connectivity index (χ1n) is 6.33. The Kier molecular flexibility index (Phi) is 4.87. The average Bonchev–Trinajstić information content (AvgIpc) is 2.90. The second kappa shape index (κ2) is 6.49. The molecule has 118 valence electrons. The lowest BCUT2D eigenvalue weighted by atomic mass is 10.2. The van der Waals surface area contributed by atoms with Gasteiger partial charge in [-0.1, -0.05) is 28.9 Å². The third-order valence-corrected chi connectivity index (χ3v) is 4.68. The Morgan fingerprint density at radius 2 is 2.18 bits per heavy atom. The molecule has 0 fully saturated rings. The number of aromatic nitrogens is 2. The quantitative estimate of drug-likeness (QED) is 0.766. The Bertz CT molecular complexity index is 801. The molecule has 0 saturated carbocycles. The van der Waals surface area contributed by atoms with Crippen molar-refractivity contribution in [1.29, 1.82) is 0 Å². The van der Waals surface area contributed by atoms with E-state index in [1.54, 1.807) is 31.2 Å². The van der Waals surface area contributed by atoms with E-state index in [4.69, 9.17) is 0 Å². The summed E-state index contributed by atoms with van der Waals surface area (Å²) in [6.07, 6.45) is 0.420. The number of methoxy groups -OCH3 is 1. The van der Waals surface area contributed by atoms with E-state index in [1.165, 1.54) is 7.11 Å². The van der Waals surface area contributed by atoms with Gasteiger partial charge in [-0.15, -0.1) is 0 Å². The molecule has 0 aliphatic carbocycles. The van der Waals surface area contributed by atoms with Gasteiger partial charge in [-0.3, -0.25) is 9.82 Å². The van der Waals surface area contributed by atoms with Gasteiger partial charge in [0.05, 0.1) is 12.8 Å². The van der Waals surface area contributed by atoms with Crippen LogP contribution in [-0.2, 0) is 21.2 Å². The number of hydrogen-bond donors (Lipinski definition) is 2. The first kappa shape index (κ1) is 16.5. The fourth-order valence-corrected chi connectivity index (χ4v) is 3.45. The highest BCUT2D eigenvalue weighted by Crippen LogP contribution is 2.23. The highest BCUT2D eigenvalue weighted by atomic mass is 79.9. The second-order valence-electron chi connectivity index (χ2n) is 4.34. The van der Waals surface area contributed by atoms with Crippen LogP contribution < -0.4 is 4.72 Å². The number of anilines is 1. The summed E-state index contributed by atoms with van der Waals surface area (Å²) in [5.41, 5.74) is 0.681. The molecule has 2 aromatic rings. The zero-order valence-corrected chi connectivity index (χ0v) is 14.3. The molecule has 0 saturated heterocycles. The molecule has 0 radical (unpaired) electrons. The number of hydrogen-bond acceptors (Lipinski definition) is 5. The van der Waals surface area contributed by atoms with E-state index >= 15 is 0 Å². The van der Waals surface area contributed by atoms with E-state index in [9.17, 15) is 13.2 Å². The molecular formula is C13H14BrN3O4S. The van der Waals surface area contributed by atoms with Gasteiger partial charge in [-0.2, -0.15) is 13.5 Å². The van der Waals surface area contributed by atoms with Gasteiger partial charge in [-0.25, -0.2) is 4.79 Å². The molecule has 2 rings (SSSR count). The SMILES string of the molecule is CCc1[nH]nc(S(=O)(=O)Nc2cccc(Br)c2)c1C(=O)OC. The van der Waals surface area contributed by atoms with Crippen molar-refractivity contribution in [3.05, 3.63) is 40.0 Å². The fraction of sp³-hybridized carbons (Fsp3) is 0.231. The molecule has 9 heteroatoms. The molecule has 22 heavy (non-hydrogen) atoms. The van der Waals surface area contributed by atoms with Crippen LogP contribution in [0.25, 0.3) is 0 Å². The van der Waals surface area contributed by atoms with E-state index < -0.39 is 16.0 Å². The lowest BCUT2D eigenvalue weighted by molar-refractivity contribution is 0.0595. The first-order valence-corrected chi connectivity index (χ1v) is 8.60. The van der Waals surface area contributed by atoms with Gasteiger partial charge in [0.2, 0.25) is 5.03 Å². The molecule has 2 N–H and O–H groups in total. The zero-order chi connectivity index (χ0) is 16.3. The molecule has 0 spiro atoms. The maximum absolute atomic E-state index is 12.5. The average molecular weight is 388 g/mol. The predicted molar refractivity (Wildman–Crippen MR) is 84.3 cm³/mol. The maximum Gasteiger partial charge on any atom is 0.342 e. The molecule has 0 unspecified atom stereocenters. The van der Waals surface area contributed by atoms with E-state index in [-0.39, 0.29) is 10.6 Å². The van der Waals surface area contributed by atoms with Crippen LogP contribution in [0.2, 0.25) is 0 Å². The second-order valence-corrected chi connectivity index (χ2v) is 6.86. The van der Waals surface area contributed by atoms with Crippen molar-refractivity contribution in [3.8, 4) is 0 Å². The summed E-state index contributed by atoms with van der Waals surface area (Å²) in [6.45, 7) is 1.78. The molecule has 1 aromatic carbocycles. The highest BCUT2D eigenvalue weighted by Gasteiger charge is 2.29. The number of ether oxygens (including phenoxy) is 1. The van der Waals surface area contributed by atoms with Gasteiger partial charge in [0.15, 0.2) is 0 Å². The molecular weight excluding hydrogens is 374 g/mol. The van der Waals surface area contributed by atoms with Crippen molar-refractivity contribution in [2.24, 2.45) is 0 Å². The summed E-state index contributed by atoms with van der Waals surface area (Å²) in [5, 5.41) is 5.94. The summed E-state index contributed by atoms with van der Waals surface area (Å²) in [4.78, 5) is 11.8. The van der Waals surface area contributed by atoms with E-state index in [2.05, 4.69) is 35.6 Å². The van der Waals surface area contributed by atoms with Crippen LogP contribution in [0.4, 0.5) is 5.69 Å². The van der Waals surface area contributed by atoms with Gasteiger partial charge < -0.3 is 4.74 Å². The zero-order valence-electron chi connectivity index (χ0n) is 11.9. The van der Waals surface area contributed by atoms with Crippen LogP contribution in [0.3, 0.4) is 0 Å². The number of carbonyl (C=O) groups excluding carboxylic acids is 1. The number of H-pyrrole nitrogens is 1. The summed E-state index contributed by atoms with van der Waals surface area (Å²) in [6, 6.07) is 6.64. The van der Waals surface area contributed by atoms with Gasteiger partial charge in [0, 0.05) is 10.2 Å². The van der Waals surface area contributed by atoms with Crippen LogP contribution >= 0.6 is 15.9 Å². The molecule has 1 heterocycles. The monoisotopic (exact) mass is 387 g/mol. The highest BCUT2D eigenvalue weighted by molar-refractivity contribution is 9.10. The maximum atomic E-state index is 12.5. The standard InChI is InChI=1S/C13H14BrN3O4S/c1-3-10-11(13(18)21-2)12(16-15-10)22(19,20)17-9-6-4-5-8(14)7-9/h4-7,17H,3H2,1-2H3,(H,15,16). The molecule has 0 amide bonds. The molecule has 0 bridgehead atoms. The number of halogens is 1. The number of nitrogens with one attached hydrogen (secondary N) is 2. The van der Waals surface area contributed by atoms with Gasteiger partial charge in [0.1, 0.15) is 5.56 Å². The largest absolute Gasteiger partial charge is 0.465 e. The van der Waals surface area contributed by atoms with Crippen LogP contribution in [0.1, 0.15) is 23.0 Å². The van der Waals surface area contributed by atoms with Crippen LogP contribution in [0, 0.1) is 0 Å². The number of esters is 1. The van der Waals surface area contributed by atoms with Crippen LogP contribution in [0.15, 0.2) is 33.8 Å². The molecule has 0 aliphatic rings. The van der Waals surface area contributed by atoms with Gasteiger partial charge in [-0.05, 0) is 24.6 Å². The number of nitrogens with zero attached hydrogens (tertiary/aromatic N) is 1. The van der Waals surface area contributed by atoms with E-state index in [1.807, 2.05) is 0 Å². The summed E-state index contributed by atoms with van der Waals surface area (Å²) >= 11 is 3.26. The minimum atomic E-state index is -4.02. The van der Waals surface area contributed by atoms with E-state index in [0.29, 0.717) is 17.8 Å². The molecule has 0 aliphatic heterocycles. The number of sulfonamides is 1. The first-order chi connectivity index (χ1) is 10.4. The third-order valence-electron chi connectivity index (χ3n) is 2.88. The Balaban J connectivity index is 2.46. The van der Waals surface area contributed by atoms with Crippen molar-refractivity contribution in [3.63, 3.8) is 0 Å². The number of aryl methyl sites for hydroxylation is 1. The normalized spacial score (nSPS) is 11.2. The van der Waals surface area contributed by atoms with Gasteiger partial charge in [0.25, 0.3) is 10.0 Å². The van der Waals surface area contributed by atoms with E-state index in [0.717, 1.165) is 4.47 Å². The topological polar surface area (TPSA) is 101 Å². The van der Waals surface area contributed by atoms with Crippen molar-refractivity contribution in [2.75, 3.05) is 11.8 Å². The molecule has 1 aromatic heterocycles. The van der Waals surface area contributed by atoms with Crippen molar-refractivity contribution >= 4 is 37.6 Å². The fourth-order valence-electron chi connectivity index (χ4n) is 1.88. The lowest BCUT2D eigenvalue weighted by Gasteiger charge is -2.08. The lowest BCUT2D eigenvalue weighted by Crippen LogP contribution is -2.17. The van der Waals surface area contributed by atoms with Crippen LogP contribution in [-0.4, -0.2) is 31.7 Å². The smallest absolute Gasteiger partial charge is 0.342 e. The van der Waals surface area contributed by atoms with Crippen molar-refractivity contribution in [2.45, 2.75) is 18.4 Å². The number of rotatable bonds is 5. The summed E-state index contributed by atoms with van der Waals surface area (Å²) in [5.74, 6) is -0.750. The van der Waals surface area contributed by atoms with Gasteiger partial charge >= 0.3 is 5.97 Å².